The van der Waals surface area contributed by atoms with Gasteiger partial charge in [-0.15, -0.1) is 0 Å². The second kappa shape index (κ2) is 8.17. The van der Waals surface area contributed by atoms with Gasteiger partial charge in [-0.05, 0) is 49.2 Å². The first kappa shape index (κ1) is 18.2. The molecule has 0 amide bonds. The molecular weight excluding hydrogens is 359 g/mol. The van der Waals surface area contributed by atoms with Gasteiger partial charge in [-0.1, -0.05) is 41.8 Å². The second-order valence-electron chi connectivity index (χ2n) is 6.30. The summed E-state index contributed by atoms with van der Waals surface area (Å²) in [6.07, 6.45) is 4.97. The number of aromatic nitrogens is 1. The number of piperidine rings is 1. The Kier molecular flexibility index (Phi) is 5.94. The van der Waals surface area contributed by atoms with Crippen LogP contribution >= 0.6 is 23.2 Å². The van der Waals surface area contributed by atoms with E-state index in [9.17, 15) is 9.90 Å². The van der Waals surface area contributed by atoms with Crippen LogP contribution in [0.2, 0.25) is 10.0 Å². The number of carbonyl (C=O) groups is 1. The van der Waals surface area contributed by atoms with Crippen LogP contribution in [0.3, 0.4) is 0 Å². The SMILES string of the molecule is O=C(O)C1CCCCN1C(Cc1ccccn1)c1ccc(Cl)c(Cl)c1. The van der Waals surface area contributed by atoms with Gasteiger partial charge in [-0.3, -0.25) is 14.7 Å². The monoisotopic (exact) mass is 378 g/mol. The summed E-state index contributed by atoms with van der Waals surface area (Å²) in [5.41, 5.74) is 1.89. The normalized spacial score (nSPS) is 19.5. The van der Waals surface area contributed by atoms with Crippen LogP contribution in [0.5, 0.6) is 0 Å². The number of halogens is 2. The quantitative estimate of drug-likeness (QED) is 0.824. The molecule has 1 N–H and O–H groups in total. The Morgan fingerprint density at radius 1 is 1.24 bits per heavy atom. The molecule has 2 unspecified atom stereocenters. The largest absolute Gasteiger partial charge is 0.480 e. The summed E-state index contributed by atoms with van der Waals surface area (Å²) < 4.78 is 0. The zero-order chi connectivity index (χ0) is 17.8. The third-order valence-electron chi connectivity index (χ3n) is 4.69. The number of likely N-dealkylation sites (tertiary alicyclic amines) is 1. The number of rotatable bonds is 5. The molecule has 1 fully saturated rings. The van der Waals surface area contributed by atoms with E-state index >= 15 is 0 Å². The highest BCUT2D eigenvalue weighted by Gasteiger charge is 2.34. The number of carboxylic acid groups (broad SMARTS) is 1. The van der Waals surface area contributed by atoms with E-state index in [0.29, 0.717) is 22.9 Å². The van der Waals surface area contributed by atoms with Crippen LogP contribution in [0, 0.1) is 0 Å². The summed E-state index contributed by atoms with van der Waals surface area (Å²) in [5.74, 6) is -0.772. The predicted octanol–water partition coefficient (Wildman–Crippen LogP) is 4.61. The van der Waals surface area contributed by atoms with Gasteiger partial charge in [0.2, 0.25) is 0 Å². The Bertz CT molecular complexity index is 739. The number of pyridine rings is 1. The lowest BCUT2D eigenvalue weighted by Gasteiger charge is -2.39. The molecule has 6 heteroatoms. The van der Waals surface area contributed by atoms with Crippen molar-refractivity contribution in [2.75, 3.05) is 6.54 Å². The topological polar surface area (TPSA) is 53.4 Å². The average Bonchev–Trinajstić information content (AvgIpc) is 2.63. The van der Waals surface area contributed by atoms with E-state index in [1.54, 1.807) is 12.3 Å². The summed E-state index contributed by atoms with van der Waals surface area (Å²) >= 11 is 12.3. The minimum atomic E-state index is -0.772. The van der Waals surface area contributed by atoms with Crippen molar-refractivity contribution in [2.45, 2.75) is 37.8 Å². The molecule has 132 valence electrons. The summed E-state index contributed by atoms with van der Waals surface area (Å²) in [7, 11) is 0. The van der Waals surface area contributed by atoms with Gasteiger partial charge in [-0.2, -0.15) is 0 Å². The highest BCUT2D eigenvalue weighted by molar-refractivity contribution is 6.42. The lowest BCUT2D eigenvalue weighted by atomic mass is 9.93. The van der Waals surface area contributed by atoms with Crippen molar-refractivity contribution in [2.24, 2.45) is 0 Å². The highest BCUT2D eigenvalue weighted by atomic mass is 35.5. The second-order valence-corrected chi connectivity index (χ2v) is 7.12. The minimum absolute atomic E-state index is 0.105. The van der Waals surface area contributed by atoms with Gasteiger partial charge in [0, 0.05) is 24.4 Å². The van der Waals surface area contributed by atoms with Gasteiger partial charge >= 0.3 is 5.97 Å². The van der Waals surface area contributed by atoms with Gasteiger partial charge in [-0.25, -0.2) is 0 Å². The van der Waals surface area contributed by atoms with Crippen LogP contribution in [0.4, 0.5) is 0 Å². The van der Waals surface area contributed by atoms with Gasteiger partial charge in [0.05, 0.1) is 10.0 Å². The van der Waals surface area contributed by atoms with Crippen LogP contribution in [-0.2, 0) is 11.2 Å². The van der Waals surface area contributed by atoms with Crippen LogP contribution in [0.15, 0.2) is 42.6 Å². The number of carboxylic acids is 1. The van der Waals surface area contributed by atoms with Crippen molar-refractivity contribution in [3.8, 4) is 0 Å². The fourth-order valence-electron chi connectivity index (χ4n) is 3.46. The number of hydrogen-bond donors (Lipinski definition) is 1. The maximum atomic E-state index is 11.8. The zero-order valence-corrected chi connectivity index (χ0v) is 15.2. The molecule has 2 aromatic rings. The van der Waals surface area contributed by atoms with E-state index in [1.807, 2.05) is 30.3 Å². The van der Waals surface area contributed by atoms with E-state index in [1.165, 1.54) is 0 Å². The van der Waals surface area contributed by atoms with Crippen molar-refractivity contribution in [1.82, 2.24) is 9.88 Å². The third kappa shape index (κ3) is 4.32. The summed E-state index contributed by atoms with van der Waals surface area (Å²) in [4.78, 5) is 18.3. The van der Waals surface area contributed by atoms with Gasteiger partial charge < -0.3 is 5.11 Å². The molecule has 0 saturated carbocycles. The molecule has 0 radical (unpaired) electrons. The van der Waals surface area contributed by atoms with Gasteiger partial charge in [0.1, 0.15) is 6.04 Å². The molecule has 1 aromatic heterocycles. The van der Waals surface area contributed by atoms with Crippen molar-refractivity contribution < 1.29 is 9.90 Å². The van der Waals surface area contributed by atoms with Crippen molar-refractivity contribution in [3.63, 3.8) is 0 Å². The van der Waals surface area contributed by atoms with E-state index < -0.39 is 12.0 Å². The standard InChI is InChI=1S/C19H20Cl2N2O2/c20-15-8-7-13(11-16(15)21)18(12-14-5-1-3-9-22-14)23-10-4-2-6-17(23)19(24)25/h1,3,5,7-9,11,17-18H,2,4,6,10,12H2,(H,24,25). The van der Waals surface area contributed by atoms with Gasteiger partial charge in [0.15, 0.2) is 0 Å². The molecule has 0 bridgehead atoms. The molecule has 3 rings (SSSR count). The molecule has 1 aliphatic heterocycles. The van der Waals surface area contributed by atoms with E-state index in [4.69, 9.17) is 23.2 Å². The fraction of sp³-hybridized carbons (Fsp3) is 0.368. The van der Waals surface area contributed by atoms with Crippen LogP contribution in [0.1, 0.15) is 36.6 Å². The van der Waals surface area contributed by atoms with Crippen molar-refractivity contribution >= 4 is 29.2 Å². The van der Waals surface area contributed by atoms with Crippen molar-refractivity contribution in [1.29, 1.82) is 0 Å². The summed E-state index contributed by atoms with van der Waals surface area (Å²) in [5, 5.41) is 10.6. The Hall–Kier alpha value is -1.62. The fourth-order valence-corrected chi connectivity index (χ4v) is 3.76. The molecular formula is C19H20Cl2N2O2. The number of nitrogens with zero attached hydrogens (tertiary/aromatic N) is 2. The molecule has 1 saturated heterocycles. The van der Waals surface area contributed by atoms with Crippen molar-refractivity contribution in [3.05, 3.63) is 63.9 Å². The molecule has 1 aliphatic rings. The van der Waals surface area contributed by atoms with Crippen LogP contribution in [0.25, 0.3) is 0 Å². The summed E-state index contributed by atoms with van der Waals surface area (Å²) in [6.45, 7) is 0.745. The smallest absolute Gasteiger partial charge is 0.320 e. The molecule has 2 atom stereocenters. The molecule has 0 spiro atoms. The zero-order valence-electron chi connectivity index (χ0n) is 13.7. The van der Waals surface area contributed by atoms with Crippen LogP contribution in [-0.4, -0.2) is 33.5 Å². The first-order valence-electron chi connectivity index (χ1n) is 8.39. The lowest BCUT2D eigenvalue weighted by Crippen LogP contribution is -2.47. The van der Waals surface area contributed by atoms with Gasteiger partial charge in [0.25, 0.3) is 0 Å². The average molecular weight is 379 g/mol. The van der Waals surface area contributed by atoms with E-state index in [-0.39, 0.29) is 6.04 Å². The maximum absolute atomic E-state index is 11.8. The Balaban J connectivity index is 1.98. The molecule has 1 aromatic carbocycles. The van der Waals surface area contributed by atoms with Crippen LogP contribution < -0.4 is 0 Å². The number of benzene rings is 1. The Labute approximate surface area is 157 Å². The maximum Gasteiger partial charge on any atom is 0.320 e. The highest BCUT2D eigenvalue weighted by Crippen LogP contribution is 2.34. The first-order chi connectivity index (χ1) is 12.1. The van der Waals surface area contributed by atoms with E-state index in [2.05, 4.69) is 9.88 Å². The Morgan fingerprint density at radius 3 is 2.76 bits per heavy atom. The molecule has 0 aliphatic carbocycles. The summed E-state index contributed by atoms with van der Waals surface area (Å²) in [6, 6.07) is 10.7. The predicted molar refractivity (Wildman–Crippen MR) is 99.1 cm³/mol. The Morgan fingerprint density at radius 2 is 2.08 bits per heavy atom. The number of hydrogen-bond acceptors (Lipinski definition) is 3. The first-order valence-corrected chi connectivity index (χ1v) is 9.15. The number of aliphatic carboxylic acids is 1. The molecule has 25 heavy (non-hydrogen) atoms. The molecule has 2 heterocycles. The van der Waals surface area contributed by atoms with E-state index in [0.717, 1.165) is 30.6 Å². The lowest BCUT2D eigenvalue weighted by molar-refractivity contribution is -0.146. The minimum Gasteiger partial charge on any atom is -0.480 e. The third-order valence-corrected chi connectivity index (χ3v) is 5.43. The molecule has 4 nitrogen and oxygen atoms in total.